The number of aryl methyl sites for hydroxylation is 1. The molecule has 0 saturated carbocycles. The number of aromatic nitrogens is 2. The van der Waals surface area contributed by atoms with Crippen LogP contribution in [-0.2, 0) is 13.0 Å². The molecule has 2 heterocycles. The third-order valence-electron chi connectivity index (χ3n) is 1.82. The summed E-state index contributed by atoms with van der Waals surface area (Å²) in [5.74, 6) is 2.10. The summed E-state index contributed by atoms with van der Waals surface area (Å²) in [6.07, 6.45) is 0.848. The molecule has 0 aromatic carbocycles. The van der Waals surface area contributed by atoms with Gasteiger partial charge in [-0.25, -0.2) is 0 Å². The van der Waals surface area contributed by atoms with Crippen LogP contribution in [0.5, 0.6) is 11.8 Å². The summed E-state index contributed by atoms with van der Waals surface area (Å²) in [6, 6.07) is 3.26. The highest BCUT2D eigenvalue weighted by Crippen LogP contribution is 2.13. The quantitative estimate of drug-likeness (QED) is 0.858. The molecule has 18 heavy (non-hydrogen) atoms. The van der Waals surface area contributed by atoms with Gasteiger partial charge in [-0.2, -0.15) is 0 Å². The summed E-state index contributed by atoms with van der Waals surface area (Å²) >= 11 is 0. The fraction of sp³-hybridized carbons (Fsp3) is 0.333. The van der Waals surface area contributed by atoms with E-state index in [0.29, 0.717) is 17.5 Å². The first-order valence-corrected chi connectivity index (χ1v) is 5.93. The molecule has 9 heteroatoms. The Labute approximate surface area is 108 Å². The lowest BCUT2D eigenvalue weighted by atomic mass is 10.4. The van der Waals surface area contributed by atoms with Gasteiger partial charge in [0.15, 0.2) is 5.76 Å². The highest BCUT2D eigenvalue weighted by atomic mass is 31.0. The Bertz CT molecular complexity index is 380. The zero-order chi connectivity index (χ0) is 13.4. The van der Waals surface area contributed by atoms with Crippen LogP contribution in [-0.4, -0.2) is 15.4 Å². The van der Waals surface area contributed by atoms with E-state index in [4.69, 9.17) is 14.2 Å². The van der Waals surface area contributed by atoms with Crippen molar-refractivity contribution < 1.29 is 23.2 Å². The molecule has 2 atom stereocenters. The van der Waals surface area contributed by atoms with Crippen molar-refractivity contribution in [2.75, 3.05) is 0 Å². The van der Waals surface area contributed by atoms with Gasteiger partial charge in [-0.05, 0) is 10.3 Å². The van der Waals surface area contributed by atoms with Gasteiger partial charge >= 0.3 is 0 Å². The molecule has 0 amide bonds. The molecule has 0 bridgehead atoms. The van der Waals surface area contributed by atoms with Crippen molar-refractivity contribution in [3.8, 4) is 11.8 Å². The molecule has 0 aliphatic rings. The van der Waals surface area contributed by atoms with Crippen LogP contribution >= 0.6 is 18.9 Å². The van der Waals surface area contributed by atoms with E-state index in [-0.39, 0.29) is 6.61 Å². The summed E-state index contributed by atoms with van der Waals surface area (Å²) in [5.41, 5.74) is 0. The van der Waals surface area contributed by atoms with Crippen molar-refractivity contribution in [1.82, 2.24) is 10.3 Å². The lowest BCUT2D eigenvalue weighted by Gasteiger charge is -1.83. The number of rotatable bonds is 4. The first kappa shape index (κ1) is 14.9. The fourth-order valence-corrected chi connectivity index (χ4v) is 1.16. The molecule has 2 unspecified atom stereocenters. The van der Waals surface area contributed by atoms with Gasteiger partial charge in [0.25, 0.3) is 11.8 Å². The minimum absolute atomic E-state index is 0.152. The zero-order valence-electron chi connectivity index (χ0n) is 9.70. The summed E-state index contributed by atoms with van der Waals surface area (Å²) in [6.45, 7) is 1.84. The molecule has 7 nitrogen and oxygen atoms in total. The SMILES string of the molecule is CCc1cc(OP)no1.OCc1cc(OP)no1. The standard InChI is InChI=1S/C5H8NO2P.C4H6NO3P/c1-2-4-3-5(8-9)6-7-4;6-2-3-1-4(8-9)5-7-3/h3H,2,9H2,1H3;1,6H,2,9H2. The van der Waals surface area contributed by atoms with Crippen LogP contribution in [0, 0.1) is 0 Å². The summed E-state index contributed by atoms with van der Waals surface area (Å²) in [5, 5.41) is 15.5. The maximum atomic E-state index is 8.45. The second-order valence-corrected chi connectivity index (χ2v) is 3.48. The first-order valence-electron chi connectivity index (χ1n) is 4.99. The van der Waals surface area contributed by atoms with Crippen LogP contribution in [0.2, 0.25) is 0 Å². The zero-order valence-corrected chi connectivity index (χ0v) is 12.0. The molecule has 0 spiro atoms. The van der Waals surface area contributed by atoms with Gasteiger partial charge in [0.05, 0.1) is 18.9 Å². The Balaban J connectivity index is 0.000000180. The van der Waals surface area contributed by atoms with E-state index in [1.54, 1.807) is 6.07 Å². The Morgan fingerprint density at radius 3 is 1.89 bits per heavy atom. The van der Waals surface area contributed by atoms with Crippen LogP contribution in [0.4, 0.5) is 0 Å². The van der Waals surface area contributed by atoms with Gasteiger partial charge in [-0.3, -0.25) is 0 Å². The van der Waals surface area contributed by atoms with E-state index >= 15 is 0 Å². The average molecular weight is 292 g/mol. The fourth-order valence-electron chi connectivity index (χ4n) is 0.940. The molecule has 0 aliphatic carbocycles. The summed E-state index contributed by atoms with van der Waals surface area (Å²) < 4.78 is 18.7. The van der Waals surface area contributed by atoms with Gasteiger partial charge in [0, 0.05) is 18.6 Å². The van der Waals surface area contributed by atoms with E-state index in [2.05, 4.69) is 28.8 Å². The van der Waals surface area contributed by atoms with Gasteiger partial charge in [-0.15, -0.1) is 0 Å². The topological polar surface area (TPSA) is 90.8 Å². The third-order valence-corrected chi connectivity index (χ3v) is 2.30. The molecule has 0 aliphatic heterocycles. The van der Waals surface area contributed by atoms with Gasteiger partial charge in [0.2, 0.25) is 0 Å². The van der Waals surface area contributed by atoms with Gasteiger partial charge < -0.3 is 23.2 Å². The highest BCUT2D eigenvalue weighted by molar-refractivity contribution is 7.10. The summed E-state index contributed by atoms with van der Waals surface area (Å²) in [4.78, 5) is 0. The number of aliphatic hydroxyl groups is 1. The lowest BCUT2D eigenvalue weighted by molar-refractivity contribution is 0.228. The number of aliphatic hydroxyl groups excluding tert-OH is 1. The minimum Gasteiger partial charge on any atom is -0.461 e. The second-order valence-electron chi connectivity index (χ2n) is 3.01. The van der Waals surface area contributed by atoms with Gasteiger partial charge in [0.1, 0.15) is 12.4 Å². The number of hydrogen-bond acceptors (Lipinski definition) is 7. The van der Waals surface area contributed by atoms with Crippen molar-refractivity contribution in [2.24, 2.45) is 0 Å². The summed E-state index contributed by atoms with van der Waals surface area (Å²) in [7, 11) is 4.13. The monoisotopic (exact) mass is 292 g/mol. The molecule has 2 aromatic rings. The van der Waals surface area contributed by atoms with Crippen molar-refractivity contribution in [1.29, 1.82) is 0 Å². The van der Waals surface area contributed by atoms with Crippen molar-refractivity contribution in [2.45, 2.75) is 20.0 Å². The Morgan fingerprint density at radius 1 is 1.11 bits per heavy atom. The number of hydrogen-bond donors (Lipinski definition) is 1. The Kier molecular flexibility index (Phi) is 6.65. The molecule has 0 radical (unpaired) electrons. The van der Waals surface area contributed by atoms with E-state index in [1.807, 2.05) is 16.4 Å². The van der Waals surface area contributed by atoms with Crippen molar-refractivity contribution in [3.05, 3.63) is 23.7 Å². The largest absolute Gasteiger partial charge is 0.461 e. The molecular formula is C9H14N2O5P2. The molecule has 0 fully saturated rings. The normalized spacial score (nSPS) is 9.56. The van der Waals surface area contributed by atoms with Crippen LogP contribution in [0.3, 0.4) is 0 Å². The smallest absolute Gasteiger partial charge is 0.256 e. The van der Waals surface area contributed by atoms with E-state index in [9.17, 15) is 0 Å². The minimum atomic E-state index is -0.152. The van der Waals surface area contributed by atoms with Gasteiger partial charge in [-0.1, -0.05) is 6.92 Å². The molecule has 1 N–H and O–H groups in total. The Morgan fingerprint density at radius 2 is 1.61 bits per heavy atom. The maximum Gasteiger partial charge on any atom is 0.256 e. The molecular weight excluding hydrogens is 278 g/mol. The second kappa shape index (κ2) is 8.03. The van der Waals surface area contributed by atoms with Crippen LogP contribution in [0.25, 0.3) is 0 Å². The third kappa shape index (κ3) is 4.61. The van der Waals surface area contributed by atoms with Crippen LogP contribution in [0.1, 0.15) is 18.4 Å². The van der Waals surface area contributed by atoms with Crippen LogP contribution in [0.15, 0.2) is 21.2 Å². The van der Waals surface area contributed by atoms with E-state index < -0.39 is 0 Å². The lowest BCUT2D eigenvalue weighted by Crippen LogP contribution is -1.73. The number of nitrogens with zero attached hydrogens (tertiary/aromatic N) is 2. The molecule has 2 rings (SSSR count). The predicted octanol–water partition coefficient (Wildman–Crippen LogP) is 1.74. The van der Waals surface area contributed by atoms with Crippen molar-refractivity contribution >= 4 is 18.9 Å². The van der Waals surface area contributed by atoms with Crippen molar-refractivity contribution in [3.63, 3.8) is 0 Å². The molecule has 100 valence electrons. The first-order chi connectivity index (χ1) is 8.73. The molecule has 2 aromatic heterocycles. The maximum absolute atomic E-state index is 8.45. The molecule has 0 saturated heterocycles. The Hall–Kier alpha value is -1.16. The highest BCUT2D eigenvalue weighted by Gasteiger charge is 2.00. The average Bonchev–Trinajstić information content (AvgIpc) is 3.07. The van der Waals surface area contributed by atoms with E-state index in [0.717, 1.165) is 12.2 Å². The predicted molar refractivity (Wildman–Crippen MR) is 69.0 cm³/mol. The van der Waals surface area contributed by atoms with Crippen LogP contribution < -0.4 is 9.05 Å². The van der Waals surface area contributed by atoms with E-state index in [1.165, 1.54) is 6.07 Å².